The lowest BCUT2D eigenvalue weighted by Gasteiger charge is -2.23. The second-order valence-electron chi connectivity index (χ2n) is 5.19. The highest BCUT2D eigenvalue weighted by Crippen LogP contribution is 2.37. The van der Waals surface area contributed by atoms with Crippen LogP contribution in [-0.4, -0.2) is 34.1 Å². The van der Waals surface area contributed by atoms with Crippen LogP contribution in [0.25, 0.3) is 0 Å². The SMILES string of the molecule is C=C(CCCCCN1C(O)C=CC1O)C1CC1. The molecule has 1 saturated carbocycles. The molecule has 0 spiro atoms. The Morgan fingerprint density at radius 2 is 1.76 bits per heavy atom. The fourth-order valence-electron chi connectivity index (χ4n) is 2.36. The number of hydrogen-bond donors (Lipinski definition) is 2. The average molecular weight is 237 g/mol. The van der Waals surface area contributed by atoms with Gasteiger partial charge in [0.2, 0.25) is 0 Å². The van der Waals surface area contributed by atoms with Gasteiger partial charge in [0, 0.05) is 6.54 Å². The van der Waals surface area contributed by atoms with Crippen molar-refractivity contribution in [2.24, 2.45) is 5.92 Å². The third kappa shape index (κ3) is 3.66. The molecule has 0 aromatic carbocycles. The van der Waals surface area contributed by atoms with Crippen LogP contribution in [0.2, 0.25) is 0 Å². The van der Waals surface area contributed by atoms with Crippen molar-refractivity contribution in [3.05, 3.63) is 24.3 Å². The molecule has 2 unspecified atom stereocenters. The van der Waals surface area contributed by atoms with Crippen molar-refractivity contribution >= 4 is 0 Å². The fourth-order valence-corrected chi connectivity index (χ4v) is 2.36. The molecule has 1 aliphatic heterocycles. The van der Waals surface area contributed by atoms with E-state index in [-0.39, 0.29) is 0 Å². The molecule has 0 amide bonds. The molecular weight excluding hydrogens is 214 g/mol. The standard InChI is InChI=1S/C14H23NO2/c1-11(12-6-7-12)5-3-2-4-10-15-13(16)8-9-14(15)17/h8-9,12-14,16-17H,1-7,10H2. The topological polar surface area (TPSA) is 43.7 Å². The van der Waals surface area contributed by atoms with E-state index in [4.69, 9.17) is 0 Å². The normalized spacial score (nSPS) is 28.8. The monoisotopic (exact) mass is 237 g/mol. The highest BCUT2D eigenvalue weighted by molar-refractivity contribution is 5.07. The van der Waals surface area contributed by atoms with E-state index in [9.17, 15) is 10.2 Å². The Morgan fingerprint density at radius 1 is 1.12 bits per heavy atom. The van der Waals surface area contributed by atoms with Gasteiger partial charge in [0.15, 0.2) is 0 Å². The molecule has 96 valence electrons. The number of unbranched alkanes of at least 4 members (excludes halogenated alkanes) is 2. The molecule has 0 bridgehead atoms. The van der Waals surface area contributed by atoms with Gasteiger partial charge in [-0.25, -0.2) is 4.90 Å². The first-order valence-electron chi connectivity index (χ1n) is 6.66. The number of aliphatic hydroxyl groups excluding tert-OH is 2. The van der Waals surface area contributed by atoms with Gasteiger partial charge in [0.25, 0.3) is 0 Å². The first-order valence-corrected chi connectivity index (χ1v) is 6.66. The van der Waals surface area contributed by atoms with Gasteiger partial charge in [-0.3, -0.25) is 0 Å². The molecule has 3 heteroatoms. The van der Waals surface area contributed by atoms with Crippen molar-refractivity contribution in [1.29, 1.82) is 0 Å². The van der Waals surface area contributed by atoms with Gasteiger partial charge < -0.3 is 10.2 Å². The zero-order valence-electron chi connectivity index (χ0n) is 10.4. The maximum absolute atomic E-state index is 9.55. The van der Waals surface area contributed by atoms with Gasteiger partial charge in [-0.15, -0.1) is 0 Å². The molecular formula is C14H23NO2. The molecule has 0 radical (unpaired) electrons. The van der Waals surface area contributed by atoms with E-state index in [1.54, 1.807) is 17.1 Å². The lowest BCUT2D eigenvalue weighted by molar-refractivity contribution is -0.0401. The van der Waals surface area contributed by atoms with Crippen LogP contribution in [-0.2, 0) is 0 Å². The summed E-state index contributed by atoms with van der Waals surface area (Å²) in [5.74, 6) is 0.821. The van der Waals surface area contributed by atoms with E-state index in [1.807, 2.05) is 0 Å². The highest BCUT2D eigenvalue weighted by atomic mass is 16.3. The van der Waals surface area contributed by atoms with Crippen LogP contribution in [0, 0.1) is 5.92 Å². The molecule has 2 rings (SSSR count). The Hall–Kier alpha value is -0.640. The van der Waals surface area contributed by atoms with Gasteiger partial charge in [-0.2, -0.15) is 0 Å². The third-order valence-corrected chi connectivity index (χ3v) is 3.70. The summed E-state index contributed by atoms with van der Waals surface area (Å²) >= 11 is 0. The number of hydrogen-bond acceptors (Lipinski definition) is 3. The van der Waals surface area contributed by atoms with Crippen molar-refractivity contribution in [2.75, 3.05) is 6.54 Å². The third-order valence-electron chi connectivity index (χ3n) is 3.70. The summed E-state index contributed by atoms with van der Waals surface area (Å²) in [4.78, 5) is 1.70. The predicted molar refractivity (Wildman–Crippen MR) is 68.2 cm³/mol. The minimum Gasteiger partial charge on any atom is -0.375 e. The van der Waals surface area contributed by atoms with Gasteiger partial charge in [0.1, 0.15) is 12.5 Å². The van der Waals surface area contributed by atoms with Crippen LogP contribution < -0.4 is 0 Å². The van der Waals surface area contributed by atoms with Crippen LogP contribution >= 0.6 is 0 Å². The largest absolute Gasteiger partial charge is 0.375 e. The molecule has 2 N–H and O–H groups in total. The van der Waals surface area contributed by atoms with Crippen LogP contribution in [0.5, 0.6) is 0 Å². The Kier molecular flexibility index (Phi) is 4.37. The Morgan fingerprint density at radius 3 is 2.35 bits per heavy atom. The summed E-state index contributed by atoms with van der Waals surface area (Å²) in [5.41, 5.74) is 1.42. The van der Waals surface area contributed by atoms with Crippen molar-refractivity contribution in [1.82, 2.24) is 4.90 Å². The summed E-state index contributed by atoms with van der Waals surface area (Å²) in [5, 5.41) is 19.1. The summed E-state index contributed by atoms with van der Waals surface area (Å²) in [6.45, 7) is 4.87. The molecule has 1 heterocycles. The zero-order valence-corrected chi connectivity index (χ0v) is 10.4. The number of nitrogens with zero attached hydrogens (tertiary/aromatic N) is 1. The van der Waals surface area contributed by atoms with Crippen LogP contribution in [0.1, 0.15) is 38.5 Å². The van der Waals surface area contributed by atoms with Gasteiger partial charge >= 0.3 is 0 Å². The molecule has 2 aliphatic rings. The van der Waals surface area contributed by atoms with Gasteiger partial charge in [-0.05, 0) is 50.2 Å². The summed E-state index contributed by atoms with van der Waals surface area (Å²) in [6, 6.07) is 0. The molecule has 0 aromatic heterocycles. The first-order chi connectivity index (χ1) is 8.18. The van der Waals surface area contributed by atoms with Gasteiger partial charge in [0.05, 0.1) is 0 Å². The van der Waals surface area contributed by atoms with E-state index in [1.165, 1.54) is 24.8 Å². The predicted octanol–water partition coefficient (Wildman–Crippen LogP) is 2.02. The first kappa shape index (κ1) is 12.8. The second-order valence-corrected chi connectivity index (χ2v) is 5.19. The minimum absolute atomic E-state index is 0.605. The van der Waals surface area contributed by atoms with Crippen LogP contribution in [0.3, 0.4) is 0 Å². The quantitative estimate of drug-likeness (QED) is 0.526. The Labute approximate surface area is 103 Å². The van der Waals surface area contributed by atoms with Crippen molar-refractivity contribution in [3.8, 4) is 0 Å². The number of aliphatic hydroxyl groups is 2. The Bertz CT molecular complexity index is 285. The van der Waals surface area contributed by atoms with Crippen molar-refractivity contribution < 1.29 is 10.2 Å². The van der Waals surface area contributed by atoms with E-state index in [2.05, 4.69) is 6.58 Å². The number of allylic oxidation sites excluding steroid dienone is 1. The van der Waals surface area contributed by atoms with Crippen molar-refractivity contribution in [3.63, 3.8) is 0 Å². The minimum atomic E-state index is -0.605. The molecule has 0 aromatic rings. The van der Waals surface area contributed by atoms with E-state index in [0.29, 0.717) is 0 Å². The van der Waals surface area contributed by atoms with E-state index < -0.39 is 12.5 Å². The smallest absolute Gasteiger partial charge is 0.128 e. The molecule has 3 nitrogen and oxygen atoms in total. The molecule has 1 aliphatic carbocycles. The van der Waals surface area contributed by atoms with Crippen LogP contribution in [0.4, 0.5) is 0 Å². The molecule has 0 saturated heterocycles. The lowest BCUT2D eigenvalue weighted by Crippen LogP contribution is -2.37. The van der Waals surface area contributed by atoms with E-state index in [0.717, 1.165) is 31.7 Å². The molecule has 2 atom stereocenters. The molecule has 17 heavy (non-hydrogen) atoms. The molecule has 1 fully saturated rings. The maximum atomic E-state index is 9.55. The fraction of sp³-hybridized carbons (Fsp3) is 0.714. The van der Waals surface area contributed by atoms with Gasteiger partial charge in [-0.1, -0.05) is 18.6 Å². The summed E-state index contributed by atoms with van der Waals surface area (Å²) in [6.07, 6.45) is 9.25. The Balaban J connectivity index is 1.52. The van der Waals surface area contributed by atoms with E-state index >= 15 is 0 Å². The lowest BCUT2D eigenvalue weighted by atomic mass is 10.1. The zero-order chi connectivity index (χ0) is 12.3. The second kappa shape index (κ2) is 5.80. The number of rotatable bonds is 7. The van der Waals surface area contributed by atoms with Crippen molar-refractivity contribution in [2.45, 2.75) is 51.0 Å². The summed E-state index contributed by atoms with van der Waals surface area (Å²) < 4.78 is 0. The highest BCUT2D eigenvalue weighted by Gasteiger charge is 2.25. The summed E-state index contributed by atoms with van der Waals surface area (Å²) in [7, 11) is 0. The van der Waals surface area contributed by atoms with Crippen LogP contribution in [0.15, 0.2) is 24.3 Å². The maximum Gasteiger partial charge on any atom is 0.128 e. The average Bonchev–Trinajstić information content (AvgIpc) is 3.09.